The third kappa shape index (κ3) is 2.50. The van der Waals surface area contributed by atoms with Crippen molar-refractivity contribution in [3.05, 3.63) is 65.9 Å². The Kier molecular flexibility index (Phi) is 3.28. The van der Waals surface area contributed by atoms with Crippen LogP contribution in [0.15, 0.2) is 54.7 Å². The summed E-state index contributed by atoms with van der Waals surface area (Å²) in [5, 5.41) is 0.868. The van der Waals surface area contributed by atoms with Crippen LogP contribution in [-0.4, -0.2) is 10.4 Å². The third-order valence-electron chi connectivity index (χ3n) is 3.57. The lowest BCUT2D eigenvalue weighted by molar-refractivity contribution is -0.137. The van der Waals surface area contributed by atoms with E-state index in [-0.39, 0.29) is 5.78 Å². The number of nitrogens with zero attached hydrogens (tertiary/aromatic N) is 1. The molecule has 0 saturated carbocycles. The summed E-state index contributed by atoms with van der Waals surface area (Å²) in [5.74, 6) is -0.0239. The molecule has 0 aliphatic carbocycles. The summed E-state index contributed by atoms with van der Waals surface area (Å²) in [6, 6.07) is 12.1. The first kappa shape index (κ1) is 14.4. The van der Waals surface area contributed by atoms with E-state index >= 15 is 0 Å². The Bertz CT molecular complexity index is 844. The van der Waals surface area contributed by atoms with Crippen LogP contribution in [0.3, 0.4) is 0 Å². The van der Waals surface area contributed by atoms with Gasteiger partial charge in [0.05, 0.1) is 11.1 Å². The van der Waals surface area contributed by atoms with Crippen LogP contribution in [-0.2, 0) is 6.18 Å². The predicted molar refractivity (Wildman–Crippen MR) is 78.3 cm³/mol. The molecule has 0 unspecified atom stereocenters. The zero-order chi connectivity index (χ0) is 15.9. The molecule has 1 heterocycles. The molecule has 3 rings (SSSR count). The lowest BCUT2D eigenvalue weighted by Gasteiger charge is -2.09. The normalized spacial score (nSPS) is 11.8. The van der Waals surface area contributed by atoms with Crippen molar-refractivity contribution in [3.63, 3.8) is 0 Å². The van der Waals surface area contributed by atoms with Gasteiger partial charge in [0.2, 0.25) is 0 Å². The number of benzene rings is 2. The van der Waals surface area contributed by atoms with Crippen molar-refractivity contribution in [1.29, 1.82) is 0 Å². The second kappa shape index (κ2) is 5.02. The molecular weight excluding hydrogens is 291 g/mol. The molecule has 2 aromatic carbocycles. The van der Waals surface area contributed by atoms with E-state index in [0.717, 1.165) is 23.0 Å². The van der Waals surface area contributed by atoms with E-state index in [1.165, 1.54) is 19.1 Å². The second-order valence-electron chi connectivity index (χ2n) is 5.06. The van der Waals surface area contributed by atoms with Crippen LogP contribution in [0.1, 0.15) is 22.8 Å². The highest BCUT2D eigenvalue weighted by Crippen LogP contribution is 2.30. The first-order chi connectivity index (χ1) is 10.4. The van der Waals surface area contributed by atoms with Gasteiger partial charge in [-0.25, -0.2) is 0 Å². The number of ketones is 1. The lowest BCUT2D eigenvalue weighted by atomic mass is 10.1. The lowest BCUT2D eigenvalue weighted by Crippen LogP contribution is -2.04. The minimum absolute atomic E-state index is 0.0239. The Morgan fingerprint density at radius 2 is 1.68 bits per heavy atom. The summed E-state index contributed by atoms with van der Waals surface area (Å²) in [6.07, 6.45) is -2.56. The highest BCUT2D eigenvalue weighted by atomic mass is 19.4. The van der Waals surface area contributed by atoms with Crippen LogP contribution in [0.25, 0.3) is 16.6 Å². The summed E-state index contributed by atoms with van der Waals surface area (Å²) < 4.78 is 39.6. The number of hydrogen-bond acceptors (Lipinski definition) is 1. The van der Waals surface area contributed by atoms with E-state index in [9.17, 15) is 18.0 Å². The largest absolute Gasteiger partial charge is 0.416 e. The van der Waals surface area contributed by atoms with Crippen LogP contribution in [0.4, 0.5) is 13.2 Å². The molecule has 0 bridgehead atoms. The van der Waals surface area contributed by atoms with Gasteiger partial charge in [0.1, 0.15) is 0 Å². The predicted octanol–water partition coefficient (Wildman–Crippen LogP) is 4.85. The summed E-state index contributed by atoms with van der Waals surface area (Å²) in [5.41, 5.74) is 1.41. The quantitative estimate of drug-likeness (QED) is 0.620. The van der Waals surface area contributed by atoms with Crippen LogP contribution in [0.2, 0.25) is 0 Å². The van der Waals surface area contributed by atoms with Gasteiger partial charge < -0.3 is 4.57 Å². The molecule has 0 atom stereocenters. The fourth-order valence-electron chi connectivity index (χ4n) is 2.40. The van der Waals surface area contributed by atoms with Crippen LogP contribution < -0.4 is 0 Å². The third-order valence-corrected chi connectivity index (χ3v) is 3.57. The molecule has 0 saturated heterocycles. The van der Waals surface area contributed by atoms with Gasteiger partial charge in [0, 0.05) is 22.8 Å². The Hall–Kier alpha value is -2.56. The van der Waals surface area contributed by atoms with Gasteiger partial charge in [-0.15, -0.1) is 0 Å². The van der Waals surface area contributed by atoms with Crippen molar-refractivity contribution in [2.75, 3.05) is 0 Å². The molecule has 112 valence electrons. The van der Waals surface area contributed by atoms with Crippen molar-refractivity contribution in [1.82, 2.24) is 4.57 Å². The molecule has 0 fully saturated rings. The number of carbonyl (C=O) groups is 1. The number of aromatic nitrogens is 1. The van der Waals surface area contributed by atoms with Gasteiger partial charge in [-0.3, -0.25) is 4.79 Å². The summed E-state index contributed by atoms with van der Waals surface area (Å²) in [7, 11) is 0. The smallest absolute Gasteiger partial charge is 0.317 e. The van der Waals surface area contributed by atoms with Crippen molar-refractivity contribution < 1.29 is 18.0 Å². The van der Waals surface area contributed by atoms with Gasteiger partial charge in [-0.05, 0) is 55.5 Å². The van der Waals surface area contributed by atoms with Gasteiger partial charge in [0.15, 0.2) is 5.78 Å². The maximum Gasteiger partial charge on any atom is 0.416 e. The van der Waals surface area contributed by atoms with Crippen LogP contribution in [0.5, 0.6) is 0 Å². The second-order valence-corrected chi connectivity index (χ2v) is 5.06. The minimum Gasteiger partial charge on any atom is -0.317 e. The van der Waals surface area contributed by atoms with Crippen LogP contribution in [0, 0.1) is 0 Å². The van der Waals surface area contributed by atoms with Crippen molar-refractivity contribution in [3.8, 4) is 5.69 Å². The van der Waals surface area contributed by atoms with E-state index < -0.39 is 11.7 Å². The molecular formula is C17H12F3NO. The molecule has 5 heteroatoms. The molecule has 1 aromatic heterocycles. The standard InChI is InChI=1S/C17H12F3NO/c1-11(22)12-2-7-16-13(10-12)8-9-21(16)15-5-3-14(4-6-15)17(18,19)20/h2-10H,1H3. The molecule has 22 heavy (non-hydrogen) atoms. The van der Waals surface area contributed by atoms with Crippen molar-refractivity contribution in [2.24, 2.45) is 0 Å². The average molecular weight is 303 g/mol. The molecule has 0 radical (unpaired) electrons. The van der Waals surface area contributed by atoms with Crippen molar-refractivity contribution >= 4 is 16.7 Å². The first-order valence-corrected chi connectivity index (χ1v) is 6.66. The van der Waals surface area contributed by atoms with Gasteiger partial charge >= 0.3 is 6.18 Å². The van der Waals surface area contributed by atoms with E-state index in [2.05, 4.69) is 0 Å². The molecule has 0 N–H and O–H groups in total. The molecule has 0 aliphatic heterocycles. The number of carbonyl (C=O) groups excluding carboxylic acids is 1. The Labute approximate surface area is 124 Å². The number of halogens is 3. The molecule has 0 aliphatic rings. The monoisotopic (exact) mass is 303 g/mol. The number of rotatable bonds is 2. The van der Waals surface area contributed by atoms with Crippen molar-refractivity contribution in [2.45, 2.75) is 13.1 Å². The van der Waals surface area contributed by atoms with E-state index in [1.807, 2.05) is 6.07 Å². The number of alkyl halides is 3. The van der Waals surface area contributed by atoms with E-state index in [4.69, 9.17) is 0 Å². The molecule has 3 aromatic rings. The zero-order valence-electron chi connectivity index (χ0n) is 11.7. The maximum atomic E-state index is 12.6. The zero-order valence-corrected chi connectivity index (χ0v) is 11.7. The Balaban J connectivity index is 2.05. The number of hydrogen-bond donors (Lipinski definition) is 0. The number of Topliss-reactive ketones (excluding diaryl/α,β-unsaturated/α-hetero) is 1. The van der Waals surface area contributed by atoms with Gasteiger partial charge in [-0.1, -0.05) is 0 Å². The molecule has 0 spiro atoms. The molecule has 0 amide bonds. The topological polar surface area (TPSA) is 22.0 Å². The summed E-state index contributed by atoms with van der Waals surface area (Å²) in [4.78, 5) is 11.4. The van der Waals surface area contributed by atoms with Gasteiger partial charge in [0.25, 0.3) is 0 Å². The van der Waals surface area contributed by atoms with Crippen LogP contribution >= 0.6 is 0 Å². The SMILES string of the molecule is CC(=O)c1ccc2c(ccn2-c2ccc(C(F)(F)F)cc2)c1. The first-order valence-electron chi connectivity index (χ1n) is 6.66. The maximum absolute atomic E-state index is 12.6. The Morgan fingerprint density at radius 1 is 1.00 bits per heavy atom. The average Bonchev–Trinajstić information content (AvgIpc) is 2.89. The highest BCUT2D eigenvalue weighted by molar-refractivity contribution is 5.98. The fraction of sp³-hybridized carbons (Fsp3) is 0.118. The van der Waals surface area contributed by atoms with E-state index in [0.29, 0.717) is 11.3 Å². The summed E-state index contributed by atoms with van der Waals surface area (Å²) >= 11 is 0. The molecule has 2 nitrogen and oxygen atoms in total. The highest BCUT2D eigenvalue weighted by Gasteiger charge is 2.30. The van der Waals surface area contributed by atoms with E-state index in [1.54, 1.807) is 29.0 Å². The minimum atomic E-state index is -4.34. The van der Waals surface area contributed by atoms with Gasteiger partial charge in [-0.2, -0.15) is 13.2 Å². The number of fused-ring (bicyclic) bond motifs is 1. The Morgan fingerprint density at radius 3 is 2.27 bits per heavy atom. The fourth-order valence-corrected chi connectivity index (χ4v) is 2.40. The summed E-state index contributed by atoms with van der Waals surface area (Å²) in [6.45, 7) is 1.49.